The van der Waals surface area contributed by atoms with Crippen molar-refractivity contribution in [3.63, 3.8) is 0 Å². The van der Waals surface area contributed by atoms with Gasteiger partial charge in [-0.25, -0.2) is 8.42 Å². The summed E-state index contributed by atoms with van der Waals surface area (Å²) < 4.78 is 58.7. The van der Waals surface area contributed by atoms with Crippen LogP contribution in [0.25, 0.3) is 0 Å². The van der Waals surface area contributed by atoms with Gasteiger partial charge in [-0.15, -0.1) is 0 Å². The number of rotatable bonds is 4. The van der Waals surface area contributed by atoms with Crippen LogP contribution < -0.4 is 0 Å². The van der Waals surface area contributed by atoms with Crippen LogP contribution >= 0.6 is 10.7 Å². The molecule has 0 N–H and O–H groups in total. The largest absolute Gasteiger partial charge is 0.393 e. The second kappa shape index (κ2) is 5.71. The van der Waals surface area contributed by atoms with Crippen molar-refractivity contribution in [1.82, 2.24) is 0 Å². The molecular weight excluding hydrogens is 301 g/mol. The predicted molar refractivity (Wildman–Crippen MR) is 69.0 cm³/mol. The number of benzene rings is 1. The molecule has 1 aromatic rings. The first kappa shape index (κ1) is 16.3. The highest BCUT2D eigenvalue weighted by Gasteiger charge is 2.28. The van der Waals surface area contributed by atoms with E-state index in [1.807, 2.05) is 0 Å². The standard InChI is InChI=1S/C12H14ClF3O2S/c1-8-5-10(7-12(14,15)16)6-9(2)11(8)3-4-19(13,17)18/h5-6H,3-4,7H2,1-2H3. The van der Waals surface area contributed by atoms with E-state index in [2.05, 4.69) is 0 Å². The minimum Gasteiger partial charge on any atom is -0.212 e. The van der Waals surface area contributed by atoms with Crippen molar-refractivity contribution < 1.29 is 21.6 Å². The van der Waals surface area contributed by atoms with Crippen molar-refractivity contribution in [2.24, 2.45) is 0 Å². The van der Waals surface area contributed by atoms with E-state index >= 15 is 0 Å². The van der Waals surface area contributed by atoms with Gasteiger partial charge in [-0.1, -0.05) is 12.1 Å². The summed E-state index contributed by atoms with van der Waals surface area (Å²) in [5.41, 5.74) is 2.22. The number of aryl methyl sites for hydroxylation is 2. The van der Waals surface area contributed by atoms with Crippen LogP contribution in [0, 0.1) is 13.8 Å². The van der Waals surface area contributed by atoms with Crippen LogP contribution in [-0.2, 0) is 21.9 Å². The van der Waals surface area contributed by atoms with Gasteiger partial charge < -0.3 is 0 Å². The molecule has 0 heterocycles. The molecule has 0 aliphatic carbocycles. The van der Waals surface area contributed by atoms with Gasteiger partial charge in [0.2, 0.25) is 9.05 Å². The highest BCUT2D eigenvalue weighted by molar-refractivity contribution is 8.13. The molecule has 0 aromatic heterocycles. The van der Waals surface area contributed by atoms with Gasteiger partial charge in [0.1, 0.15) is 0 Å². The van der Waals surface area contributed by atoms with Gasteiger partial charge >= 0.3 is 6.18 Å². The summed E-state index contributed by atoms with van der Waals surface area (Å²) in [7, 11) is 1.53. The Labute approximate surface area is 115 Å². The lowest BCUT2D eigenvalue weighted by Gasteiger charge is -2.13. The molecule has 0 spiro atoms. The van der Waals surface area contributed by atoms with Gasteiger partial charge in [0.05, 0.1) is 12.2 Å². The van der Waals surface area contributed by atoms with E-state index in [4.69, 9.17) is 10.7 Å². The van der Waals surface area contributed by atoms with Crippen molar-refractivity contribution in [2.45, 2.75) is 32.9 Å². The number of halogens is 4. The van der Waals surface area contributed by atoms with Crippen LogP contribution in [0.4, 0.5) is 13.2 Å². The van der Waals surface area contributed by atoms with Gasteiger partial charge in [-0.05, 0) is 42.5 Å². The lowest BCUT2D eigenvalue weighted by molar-refractivity contribution is -0.127. The molecule has 19 heavy (non-hydrogen) atoms. The van der Waals surface area contributed by atoms with E-state index in [-0.39, 0.29) is 17.7 Å². The van der Waals surface area contributed by atoms with Gasteiger partial charge in [0.15, 0.2) is 0 Å². The van der Waals surface area contributed by atoms with Crippen LogP contribution in [0.5, 0.6) is 0 Å². The van der Waals surface area contributed by atoms with Crippen LogP contribution in [0.3, 0.4) is 0 Å². The SMILES string of the molecule is Cc1cc(CC(F)(F)F)cc(C)c1CCS(=O)(=O)Cl. The lowest BCUT2D eigenvalue weighted by Crippen LogP contribution is -2.12. The molecule has 0 bridgehead atoms. The number of hydrogen-bond donors (Lipinski definition) is 0. The second-order valence-electron chi connectivity index (χ2n) is 4.49. The molecule has 7 heteroatoms. The molecule has 1 rings (SSSR count). The van der Waals surface area contributed by atoms with Crippen molar-refractivity contribution in [3.05, 3.63) is 34.4 Å². The maximum atomic E-state index is 12.3. The Morgan fingerprint density at radius 1 is 1.16 bits per heavy atom. The molecule has 0 aliphatic rings. The summed E-state index contributed by atoms with van der Waals surface area (Å²) in [6.07, 6.45) is -5.03. The Bertz CT molecular complexity index is 542. The van der Waals surface area contributed by atoms with Gasteiger partial charge in [-0.2, -0.15) is 13.2 Å². The zero-order valence-corrected chi connectivity index (χ0v) is 12.1. The van der Waals surface area contributed by atoms with E-state index in [1.165, 1.54) is 12.1 Å². The summed E-state index contributed by atoms with van der Waals surface area (Å²) >= 11 is 0. The maximum Gasteiger partial charge on any atom is 0.393 e. The Kier molecular flexibility index (Phi) is 4.90. The highest BCUT2D eigenvalue weighted by Crippen LogP contribution is 2.25. The first-order valence-electron chi connectivity index (χ1n) is 5.56. The summed E-state index contributed by atoms with van der Waals surface area (Å²) in [6, 6.07) is 2.88. The molecule has 1 aromatic carbocycles. The van der Waals surface area contributed by atoms with Crippen molar-refractivity contribution in [3.8, 4) is 0 Å². The fourth-order valence-corrected chi connectivity index (χ4v) is 2.71. The lowest BCUT2D eigenvalue weighted by atomic mass is 9.96. The summed E-state index contributed by atoms with van der Waals surface area (Å²) in [6.45, 7) is 3.34. The molecule has 2 nitrogen and oxygen atoms in total. The molecule has 0 saturated heterocycles. The molecule has 108 valence electrons. The van der Waals surface area contributed by atoms with Crippen LogP contribution in [-0.4, -0.2) is 20.3 Å². The Morgan fingerprint density at radius 2 is 1.63 bits per heavy atom. The fraction of sp³-hybridized carbons (Fsp3) is 0.500. The normalized spacial score (nSPS) is 12.7. The molecule has 0 radical (unpaired) electrons. The van der Waals surface area contributed by atoms with E-state index in [1.54, 1.807) is 13.8 Å². The van der Waals surface area contributed by atoms with Crippen LogP contribution in [0.1, 0.15) is 22.3 Å². The van der Waals surface area contributed by atoms with Crippen molar-refractivity contribution in [1.29, 1.82) is 0 Å². The Hall–Kier alpha value is -0.750. The van der Waals surface area contributed by atoms with Gasteiger partial charge in [-0.3, -0.25) is 0 Å². The summed E-state index contributed by atoms with van der Waals surface area (Å²) in [5.74, 6) is -0.227. The minimum atomic E-state index is -4.25. The zero-order chi connectivity index (χ0) is 14.8. The summed E-state index contributed by atoms with van der Waals surface area (Å²) in [5, 5.41) is 0. The first-order chi connectivity index (χ1) is 8.48. The van der Waals surface area contributed by atoms with E-state index < -0.39 is 21.6 Å². The quantitative estimate of drug-likeness (QED) is 0.797. The third-order valence-electron chi connectivity index (χ3n) is 2.76. The number of hydrogen-bond acceptors (Lipinski definition) is 2. The maximum absolute atomic E-state index is 12.3. The average Bonchev–Trinajstić information content (AvgIpc) is 2.10. The topological polar surface area (TPSA) is 34.1 Å². The van der Waals surface area contributed by atoms with E-state index in [0.29, 0.717) is 11.1 Å². The van der Waals surface area contributed by atoms with Crippen molar-refractivity contribution >= 4 is 19.7 Å². The fourth-order valence-electron chi connectivity index (χ4n) is 2.03. The monoisotopic (exact) mass is 314 g/mol. The smallest absolute Gasteiger partial charge is 0.212 e. The van der Waals surface area contributed by atoms with Crippen molar-refractivity contribution in [2.75, 3.05) is 5.75 Å². The molecule has 0 saturated carbocycles. The molecule has 0 aliphatic heterocycles. The first-order valence-corrected chi connectivity index (χ1v) is 8.04. The third kappa shape index (κ3) is 5.82. The zero-order valence-electron chi connectivity index (χ0n) is 10.5. The second-order valence-corrected chi connectivity index (χ2v) is 7.39. The Balaban J connectivity index is 2.98. The number of alkyl halides is 3. The molecule has 0 amide bonds. The molecule has 0 fully saturated rings. The van der Waals surface area contributed by atoms with E-state index in [9.17, 15) is 21.6 Å². The molecule has 0 unspecified atom stereocenters. The third-order valence-corrected chi connectivity index (χ3v) is 3.91. The van der Waals surface area contributed by atoms with Gasteiger partial charge in [0.25, 0.3) is 0 Å². The van der Waals surface area contributed by atoms with Crippen LogP contribution in [0.15, 0.2) is 12.1 Å². The van der Waals surface area contributed by atoms with Gasteiger partial charge in [0, 0.05) is 10.7 Å². The highest BCUT2D eigenvalue weighted by atomic mass is 35.7. The summed E-state index contributed by atoms with van der Waals surface area (Å²) in [4.78, 5) is 0. The van der Waals surface area contributed by atoms with Crippen LogP contribution in [0.2, 0.25) is 0 Å². The Morgan fingerprint density at radius 3 is 2.00 bits per heavy atom. The molecule has 0 atom stereocenters. The predicted octanol–water partition coefficient (Wildman–Crippen LogP) is 3.52. The van der Waals surface area contributed by atoms with E-state index in [0.717, 1.165) is 5.56 Å². The molecular formula is C12H14ClF3O2S. The minimum absolute atomic E-state index is 0.181. The average molecular weight is 315 g/mol.